The van der Waals surface area contributed by atoms with E-state index in [9.17, 15) is 4.55 Å². The molecule has 1 atom stereocenters. The van der Waals surface area contributed by atoms with Crippen LogP contribution in [0.15, 0.2) is 0 Å². The average molecular weight is 365 g/mol. The van der Waals surface area contributed by atoms with E-state index in [1.54, 1.807) is 0 Å². The van der Waals surface area contributed by atoms with Gasteiger partial charge in [0.15, 0.2) is 5.82 Å². The molecule has 25 heavy (non-hydrogen) atoms. The number of aromatic nitrogens is 3. The van der Waals surface area contributed by atoms with Crippen molar-refractivity contribution in [3.63, 3.8) is 0 Å². The lowest BCUT2D eigenvalue weighted by Crippen LogP contribution is -2.11. The third kappa shape index (κ3) is 4.88. The molecule has 0 amide bonds. The highest BCUT2D eigenvalue weighted by atomic mass is 32.2. The molecule has 2 aromatic rings. The quantitative estimate of drug-likeness (QED) is 0.512. The van der Waals surface area contributed by atoms with Crippen LogP contribution in [0.3, 0.4) is 0 Å². The van der Waals surface area contributed by atoms with Crippen LogP contribution in [0.5, 0.6) is 0 Å². The first-order valence-corrected chi connectivity index (χ1v) is 10.9. The second kappa shape index (κ2) is 9.43. The van der Waals surface area contributed by atoms with Crippen molar-refractivity contribution >= 4 is 28.0 Å². The molecule has 140 valence electrons. The van der Waals surface area contributed by atoms with Gasteiger partial charge in [-0.3, -0.25) is 0 Å². The summed E-state index contributed by atoms with van der Waals surface area (Å²) in [6.07, 6.45) is 6.28. The van der Waals surface area contributed by atoms with Crippen molar-refractivity contribution in [2.24, 2.45) is 0 Å². The van der Waals surface area contributed by atoms with Crippen LogP contribution in [0.25, 0.3) is 11.0 Å². The normalized spacial score (nSPS) is 12.8. The molecule has 2 rings (SSSR count). The van der Waals surface area contributed by atoms with Gasteiger partial charge in [-0.1, -0.05) is 31.4 Å². The zero-order valence-electron chi connectivity index (χ0n) is 16.1. The Labute approximate surface area is 154 Å². The van der Waals surface area contributed by atoms with Crippen molar-refractivity contribution in [2.75, 3.05) is 17.2 Å². The molecule has 0 aliphatic heterocycles. The van der Waals surface area contributed by atoms with E-state index < -0.39 is 11.2 Å². The molecular weight excluding hydrogens is 332 g/mol. The highest BCUT2D eigenvalue weighted by Crippen LogP contribution is 2.26. The molecule has 0 aliphatic rings. The molecule has 0 aromatic carbocycles. The minimum Gasteiger partial charge on any atom is -0.616 e. The molecular formula is C19H32N4OS. The lowest BCUT2D eigenvalue weighted by atomic mass is 10.2. The standard InChI is InChI=1S/C19H32N4OS/c1-5-7-12-25(24)13-10-8-9-11-23-16(6-2)22-17-18(23)14(3)15(4)21-19(17)20/h5-13H2,1-4H3,(H2,20,21). The lowest BCUT2D eigenvalue weighted by molar-refractivity contribution is 0.572. The van der Waals surface area contributed by atoms with Crippen molar-refractivity contribution in [1.29, 1.82) is 0 Å². The van der Waals surface area contributed by atoms with Gasteiger partial charge in [0.2, 0.25) is 0 Å². The number of unbranched alkanes of at least 4 members (excludes halogenated alkanes) is 3. The molecule has 0 saturated carbocycles. The fourth-order valence-corrected chi connectivity index (χ4v) is 4.52. The van der Waals surface area contributed by atoms with Gasteiger partial charge in [-0.05, 0) is 45.1 Å². The number of anilines is 1. The Morgan fingerprint density at radius 1 is 1.04 bits per heavy atom. The van der Waals surface area contributed by atoms with Crippen LogP contribution in [0, 0.1) is 13.8 Å². The third-order valence-corrected chi connectivity index (χ3v) is 6.26. The fraction of sp³-hybridized carbons (Fsp3) is 0.684. The number of nitrogens with zero attached hydrogens (tertiary/aromatic N) is 3. The largest absolute Gasteiger partial charge is 0.616 e. The number of rotatable bonds is 10. The molecule has 2 heterocycles. The number of hydrogen-bond donors (Lipinski definition) is 1. The summed E-state index contributed by atoms with van der Waals surface area (Å²) in [5.74, 6) is 3.29. The monoisotopic (exact) mass is 364 g/mol. The summed E-state index contributed by atoms with van der Waals surface area (Å²) in [7, 11) is 0. The van der Waals surface area contributed by atoms with E-state index in [0.29, 0.717) is 5.82 Å². The van der Waals surface area contributed by atoms with Crippen molar-refractivity contribution in [2.45, 2.75) is 72.8 Å². The van der Waals surface area contributed by atoms with Crippen LogP contribution < -0.4 is 5.73 Å². The molecule has 2 N–H and O–H groups in total. The van der Waals surface area contributed by atoms with Gasteiger partial charge in [0, 0.05) is 18.7 Å². The van der Waals surface area contributed by atoms with Gasteiger partial charge in [-0.2, -0.15) is 0 Å². The summed E-state index contributed by atoms with van der Waals surface area (Å²) in [5, 5.41) is 0. The van der Waals surface area contributed by atoms with Gasteiger partial charge in [-0.25, -0.2) is 9.97 Å². The summed E-state index contributed by atoms with van der Waals surface area (Å²) in [5.41, 5.74) is 10.2. The summed E-state index contributed by atoms with van der Waals surface area (Å²) in [6, 6.07) is 0. The first kappa shape index (κ1) is 20.0. The van der Waals surface area contributed by atoms with Crippen LogP contribution >= 0.6 is 0 Å². The summed E-state index contributed by atoms with van der Waals surface area (Å²) >= 11 is -0.642. The van der Waals surface area contributed by atoms with Crippen molar-refractivity contribution in [3.8, 4) is 0 Å². The Morgan fingerprint density at radius 2 is 1.76 bits per heavy atom. The number of hydrogen-bond acceptors (Lipinski definition) is 4. The molecule has 1 unspecified atom stereocenters. The Balaban J connectivity index is 2.01. The molecule has 0 bridgehead atoms. The minimum atomic E-state index is -0.642. The maximum absolute atomic E-state index is 11.9. The van der Waals surface area contributed by atoms with Crippen LogP contribution in [0.2, 0.25) is 0 Å². The number of imidazole rings is 1. The molecule has 0 fully saturated rings. The van der Waals surface area contributed by atoms with E-state index in [0.717, 1.165) is 84.7 Å². The van der Waals surface area contributed by atoms with E-state index >= 15 is 0 Å². The summed E-state index contributed by atoms with van der Waals surface area (Å²) in [4.78, 5) is 9.13. The number of fused-ring (bicyclic) bond motifs is 1. The maximum Gasteiger partial charge on any atom is 0.151 e. The molecule has 0 radical (unpaired) electrons. The zero-order chi connectivity index (χ0) is 18.4. The Bertz CT molecular complexity index is 699. The number of nitrogens with two attached hydrogens (primary N) is 1. The topological polar surface area (TPSA) is 79.8 Å². The Hall–Kier alpha value is -1.27. The van der Waals surface area contributed by atoms with Crippen LogP contribution in [0.4, 0.5) is 5.82 Å². The summed E-state index contributed by atoms with van der Waals surface area (Å²) in [6.45, 7) is 9.30. The van der Waals surface area contributed by atoms with E-state index in [2.05, 4.69) is 30.3 Å². The van der Waals surface area contributed by atoms with Crippen molar-refractivity contribution in [1.82, 2.24) is 14.5 Å². The number of nitrogen functional groups attached to an aromatic ring is 1. The van der Waals surface area contributed by atoms with Crippen LogP contribution in [0.1, 0.15) is 63.0 Å². The second-order valence-electron chi connectivity index (χ2n) is 6.70. The lowest BCUT2D eigenvalue weighted by Gasteiger charge is -2.12. The van der Waals surface area contributed by atoms with E-state index in [1.807, 2.05) is 6.92 Å². The van der Waals surface area contributed by atoms with E-state index in [1.165, 1.54) is 0 Å². The van der Waals surface area contributed by atoms with Gasteiger partial charge in [0.1, 0.15) is 22.8 Å². The third-order valence-electron chi connectivity index (χ3n) is 4.77. The highest BCUT2D eigenvalue weighted by molar-refractivity contribution is 7.91. The first-order valence-electron chi connectivity index (χ1n) is 9.46. The predicted octanol–water partition coefficient (Wildman–Crippen LogP) is 3.91. The Morgan fingerprint density at radius 3 is 2.44 bits per heavy atom. The SMILES string of the molecule is CCCC[S+]([O-])CCCCCn1c(CC)nc2c(N)nc(C)c(C)c21. The van der Waals surface area contributed by atoms with Crippen LogP contribution in [-0.2, 0) is 24.1 Å². The van der Waals surface area contributed by atoms with Crippen molar-refractivity contribution < 1.29 is 4.55 Å². The highest BCUT2D eigenvalue weighted by Gasteiger charge is 2.16. The minimum absolute atomic E-state index is 0.526. The maximum atomic E-state index is 11.9. The Kier molecular flexibility index (Phi) is 7.56. The number of pyridine rings is 1. The molecule has 6 heteroatoms. The van der Waals surface area contributed by atoms with E-state index in [-0.39, 0.29) is 0 Å². The van der Waals surface area contributed by atoms with Gasteiger partial charge in [-0.15, -0.1) is 0 Å². The van der Waals surface area contributed by atoms with E-state index in [4.69, 9.17) is 10.7 Å². The smallest absolute Gasteiger partial charge is 0.151 e. The van der Waals surface area contributed by atoms with Crippen molar-refractivity contribution in [3.05, 3.63) is 17.1 Å². The number of aryl methyl sites for hydroxylation is 4. The molecule has 0 saturated heterocycles. The predicted molar refractivity (Wildman–Crippen MR) is 107 cm³/mol. The average Bonchev–Trinajstić information content (AvgIpc) is 2.97. The van der Waals surface area contributed by atoms with Gasteiger partial charge in [0.05, 0.1) is 5.52 Å². The molecule has 0 aliphatic carbocycles. The fourth-order valence-electron chi connectivity index (χ4n) is 3.17. The van der Waals surface area contributed by atoms with Gasteiger partial charge in [0.25, 0.3) is 0 Å². The zero-order valence-corrected chi connectivity index (χ0v) is 16.9. The molecule has 2 aromatic heterocycles. The summed E-state index contributed by atoms with van der Waals surface area (Å²) < 4.78 is 14.2. The second-order valence-corrected chi connectivity index (χ2v) is 8.40. The van der Waals surface area contributed by atoms with Gasteiger partial charge < -0.3 is 14.9 Å². The van der Waals surface area contributed by atoms with Gasteiger partial charge >= 0.3 is 0 Å². The van der Waals surface area contributed by atoms with Crippen LogP contribution in [-0.4, -0.2) is 30.6 Å². The molecule has 0 spiro atoms. The first-order chi connectivity index (χ1) is 12.0. The molecule has 5 nitrogen and oxygen atoms in total.